The third kappa shape index (κ3) is 3.58. The van der Waals surface area contributed by atoms with Crippen molar-refractivity contribution >= 4 is 5.91 Å². The van der Waals surface area contributed by atoms with E-state index in [2.05, 4.69) is 10.4 Å². The third-order valence-corrected chi connectivity index (χ3v) is 8.23. The van der Waals surface area contributed by atoms with Gasteiger partial charge in [0.25, 0.3) is 5.91 Å². The van der Waals surface area contributed by atoms with Crippen LogP contribution in [0, 0.1) is 23.2 Å². The van der Waals surface area contributed by atoms with Crippen molar-refractivity contribution in [3.63, 3.8) is 0 Å². The van der Waals surface area contributed by atoms with Crippen LogP contribution in [0.5, 0.6) is 5.88 Å². The molecule has 4 atom stereocenters. The molecule has 1 heterocycles. The van der Waals surface area contributed by atoms with Gasteiger partial charge in [0, 0.05) is 6.04 Å². The molecule has 4 unspecified atom stereocenters. The maximum absolute atomic E-state index is 13.2. The number of aromatic nitrogens is 2. The highest BCUT2D eigenvalue weighted by molar-refractivity contribution is 5.96. The second kappa shape index (κ2) is 7.93. The van der Waals surface area contributed by atoms with Gasteiger partial charge in [-0.1, -0.05) is 32.1 Å². The Morgan fingerprint density at radius 2 is 2.10 bits per heavy atom. The quantitative estimate of drug-likeness (QED) is 0.733. The third-order valence-electron chi connectivity index (χ3n) is 8.23. The van der Waals surface area contributed by atoms with Gasteiger partial charge < -0.3 is 15.2 Å². The Morgan fingerprint density at radius 3 is 2.93 bits per heavy atom. The fourth-order valence-corrected chi connectivity index (χ4v) is 6.92. The molecule has 0 aliphatic heterocycles. The van der Waals surface area contributed by atoms with E-state index in [9.17, 15) is 9.90 Å². The summed E-state index contributed by atoms with van der Waals surface area (Å²) in [6.07, 6.45) is 15.7. The number of aliphatic hydroxyl groups excluding tert-OH is 1. The number of nitrogens with one attached hydrogen (secondary N) is 1. The van der Waals surface area contributed by atoms with Crippen LogP contribution in [0.15, 0.2) is 6.20 Å². The van der Waals surface area contributed by atoms with Crippen molar-refractivity contribution in [3.05, 3.63) is 11.8 Å². The van der Waals surface area contributed by atoms with Crippen LogP contribution in [0.3, 0.4) is 0 Å². The lowest BCUT2D eigenvalue weighted by molar-refractivity contribution is -0.108. The Labute approximate surface area is 173 Å². The maximum atomic E-state index is 13.2. The number of rotatable bonds is 7. The van der Waals surface area contributed by atoms with Gasteiger partial charge in [0.05, 0.1) is 26.0 Å². The molecule has 1 aromatic heterocycles. The SMILES string of the molecule is O=C(NC1C2CC3CCCC1(C3)C2)c1cnn(CCO)c1OCC1CCCCC1. The van der Waals surface area contributed by atoms with Crippen LogP contribution in [0.25, 0.3) is 0 Å². The van der Waals surface area contributed by atoms with Crippen LogP contribution in [0.4, 0.5) is 0 Å². The molecule has 1 spiro atoms. The second-order valence-electron chi connectivity index (χ2n) is 10.1. The molecule has 6 heteroatoms. The summed E-state index contributed by atoms with van der Waals surface area (Å²) in [5, 5.41) is 17.1. The molecule has 0 saturated heterocycles. The normalized spacial score (nSPS) is 33.8. The molecule has 5 aliphatic carbocycles. The fraction of sp³-hybridized carbons (Fsp3) is 0.826. The largest absolute Gasteiger partial charge is 0.477 e. The van der Waals surface area contributed by atoms with Gasteiger partial charge in [-0.15, -0.1) is 0 Å². The number of amides is 1. The van der Waals surface area contributed by atoms with Gasteiger partial charge in [-0.05, 0) is 61.7 Å². The molecule has 0 aromatic carbocycles. The monoisotopic (exact) mass is 401 g/mol. The zero-order valence-corrected chi connectivity index (χ0v) is 17.4. The molecule has 5 saturated carbocycles. The standard InChI is InChI=1S/C23H35N3O3/c27-10-9-26-22(29-15-16-5-2-1-3-6-16)19(14-24-26)21(28)25-20-18-11-17-7-4-8-23(20,12-17)13-18/h14,16-18,20,27H,1-13,15H2,(H,25,28). The number of ether oxygens (including phenoxy) is 1. The van der Waals surface area contributed by atoms with Gasteiger partial charge in [0.1, 0.15) is 5.56 Å². The molecule has 2 N–H and O–H groups in total. The average molecular weight is 402 g/mol. The minimum Gasteiger partial charge on any atom is -0.477 e. The lowest BCUT2D eigenvalue weighted by atomic mass is 9.44. The van der Waals surface area contributed by atoms with Crippen molar-refractivity contribution in [2.45, 2.75) is 83.2 Å². The molecule has 6 rings (SSSR count). The first-order valence-corrected chi connectivity index (χ1v) is 11.8. The zero-order chi connectivity index (χ0) is 19.8. The van der Waals surface area contributed by atoms with E-state index in [1.807, 2.05) is 0 Å². The van der Waals surface area contributed by atoms with Gasteiger partial charge in [0.2, 0.25) is 5.88 Å². The molecule has 5 aliphatic rings. The van der Waals surface area contributed by atoms with Crippen LogP contribution in [-0.2, 0) is 6.54 Å². The molecule has 1 aromatic rings. The van der Waals surface area contributed by atoms with E-state index in [1.165, 1.54) is 70.6 Å². The fourth-order valence-electron chi connectivity index (χ4n) is 6.92. The average Bonchev–Trinajstić information content (AvgIpc) is 3.14. The van der Waals surface area contributed by atoms with Gasteiger partial charge in [0.15, 0.2) is 0 Å². The van der Waals surface area contributed by atoms with E-state index in [0.717, 1.165) is 5.92 Å². The van der Waals surface area contributed by atoms with E-state index < -0.39 is 0 Å². The summed E-state index contributed by atoms with van der Waals surface area (Å²) in [5.41, 5.74) is 0.883. The number of aliphatic hydroxyl groups is 1. The van der Waals surface area contributed by atoms with Crippen LogP contribution < -0.4 is 10.1 Å². The minimum absolute atomic E-state index is 0.0161. The van der Waals surface area contributed by atoms with Gasteiger partial charge in [-0.25, -0.2) is 4.68 Å². The van der Waals surface area contributed by atoms with Crippen LogP contribution >= 0.6 is 0 Å². The van der Waals surface area contributed by atoms with Crippen molar-refractivity contribution in [1.29, 1.82) is 0 Å². The summed E-state index contributed by atoms with van der Waals surface area (Å²) >= 11 is 0. The highest BCUT2D eigenvalue weighted by Crippen LogP contribution is 2.63. The van der Waals surface area contributed by atoms with Gasteiger partial charge >= 0.3 is 0 Å². The minimum atomic E-state index is -0.0501. The summed E-state index contributed by atoms with van der Waals surface area (Å²) in [6, 6.07) is 0.318. The molecular formula is C23H35N3O3. The lowest BCUT2D eigenvalue weighted by Gasteiger charge is -2.64. The Kier molecular flexibility index (Phi) is 5.31. The van der Waals surface area contributed by atoms with Crippen molar-refractivity contribution in [2.24, 2.45) is 23.2 Å². The van der Waals surface area contributed by atoms with Crippen LogP contribution in [0.2, 0.25) is 0 Å². The maximum Gasteiger partial charge on any atom is 0.258 e. The number of hydrogen-bond acceptors (Lipinski definition) is 4. The number of carbonyl (C=O) groups is 1. The second-order valence-corrected chi connectivity index (χ2v) is 10.1. The Morgan fingerprint density at radius 1 is 1.24 bits per heavy atom. The first kappa shape index (κ1) is 19.4. The topological polar surface area (TPSA) is 76.4 Å². The molecule has 3 bridgehead atoms. The van der Waals surface area contributed by atoms with E-state index in [4.69, 9.17) is 4.74 Å². The van der Waals surface area contributed by atoms with Crippen LogP contribution in [0.1, 0.15) is 81.0 Å². The Bertz CT molecular complexity index is 736. The zero-order valence-electron chi connectivity index (χ0n) is 17.4. The predicted octanol–water partition coefficient (Wildman–Crippen LogP) is 3.53. The van der Waals surface area contributed by atoms with E-state index in [1.54, 1.807) is 10.9 Å². The van der Waals surface area contributed by atoms with Crippen molar-refractivity contribution in [2.75, 3.05) is 13.2 Å². The Hall–Kier alpha value is -1.56. The molecule has 5 fully saturated rings. The summed E-state index contributed by atoms with van der Waals surface area (Å²) in [7, 11) is 0. The van der Waals surface area contributed by atoms with Crippen molar-refractivity contribution in [1.82, 2.24) is 15.1 Å². The molecule has 160 valence electrons. The predicted molar refractivity (Wildman–Crippen MR) is 110 cm³/mol. The first-order chi connectivity index (χ1) is 14.2. The highest BCUT2D eigenvalue weighted by atomic mass is 16.5. The molecule has 0 radical (unpaired) electrons. The number of carbonyl (C=O) groups excluding carboxylic acids is 1. The Balaban J connectivity index is 1.29. The molecule has 29 heavy (non-hydrogen) atoms. The molecule has 6 nitrogen and oxygen atoms in total. The number of hydrogen-bond donors (Lipinski definition) is 2. The summed E-state index contributed by atoms with van der Waals surface area (Å²) in [6.45, 7) is 0.970. The van der Waals surface area contributed by atoms with E-state index in [-0.39, 0.29) is 12.5 Å². The molecule has 1 amide bonds. The summed E-state index contributed by atoms with van der Waals surface area (Å²) in [4.78, 5) is 13.2. The van der Waals surface area contributed by atoms with E-state index >= 15 is 0 Å². The smallest absolute Gasteiger partial charge is 0.258 e. The van der Waals surface area contributed by atoms with Crippen molar-refractivity contribution in [3.8, 4) is 5.88 Å². The van der Waals surface area contributed by atoms with Gasteiger partial charge in [-0.2, -0.15) is 5.10 Å². The highest BCUT2D eigenvalue weighted by Gasteiger charge is 2.59. The summed E-state index contributed by atoms with van der Waals surface area (Å²) in [5.74, 6) is 2.58. The van der Waals surface area contributed by atoms with Gasteiger partial charge in [-0.3, -0.25) is 4.79 Å². The lowest BCUT2D eigenvalue weighted by Crippen LogP contribution is -2.66. The van der Waals surface area contributed by atoms with Crippen molar-refractivity contribution < 1.29 is 14.6 Å². The molecular weight excluding hydrogens is 366 g/mol. The van der Waals surface area contributed by atoms with Crippen LogP contribution in [-0.4, -0.2) is 40.0 Å². The number of nitrogens with zero attached hydrogens (tertiary/aromatic N) is 2. The first-order valence-electron chi connectivity index (χ1n) is 11.8. The van der Waals surface area contributed by atoms with E-state index in [0.29, 0.717) is 47.9 Å². The summed E-state index contributed by atoms with van der Waals surface area (Å²) < 4.78 is 7.80.